The number of ether oxygens (including phenoxy) is 1. The minimum Gasteiger partial charge on any atom is -0.493 e. The molecule has 0 unspecified atom stereocenters. The molecule has 0 aliphatic carbocycles. The second-order valence-electron chi connectivity index (χ2n) is 4.57. The van der Waals surface area contributed by atoms with Gasteiger partial charge in [-0.2, -0.15) is 0 Å². The van der Waals surface area contributed by atoms with E-state index in [1.165, 1.54) is 12.0 Å². The van der Waals surface area contributed by atoms with Gasteiger partial charge in [0.1, 0.15) is 5.75 Å². The average molecular weight is 236 g/mol. The summed E-state index contributed by atoms with van der Waals surface area (Å²) in [5.74, 6) is 1.05. The summed E-state index contributed by atoms with van der Waals surface area (Å²) in [6.07, 6.45) is 3.39. The van der Waals surface area contributed by atoms with E-state index in [0.717, 1.165) is 37.8 Å². The van der Waals surface area contributed by atoms with Gasteiger partial charge in [0.25, 0.3) is 0 Å². The van der Waals surface area contributed by atoms with Crippen molar-refractivity contribution in [3.63, 3.8) is 0 Å². The highest BCUT2D eigenvalue weighted by Crippen LogP contribution is 2.18. The second kappa shape index (κ2) is 8.13. The number of quaternary nitrogens is 1. The van der Waals surface area contributed by atoms with Gasteiger partial charge in [-0.15, -0.1) is 0 Å². The third-order valence-corrected chi connectivity index (χ3v) is 3.17. The van der Waals surface area contributed by atoms with Gasteiger partial charge in [-0.25, -0.2) is 0 Å². The molecule has 0 fully saturated rings. The van der Waals surface area contributed by atoms with Crippen molar-refractivity contribution in [2.45, 2.75) is 46.1 Å². The number of nitrogens with two attached hydrogens (primary N) is 1. The predicted octanol–water partition coefficient (Wildman–Crippen LogP) is 2.38. The molecule has 0 radical (unpaired) electrons. The van der Waals surface area contributed by atoms with E-state index >= 15 is 0 Å². The number of aryl methyl sites for hydroxylation is 1. The van der Waals surface area contributed by atoms with E-state index in [2.05, 4.69) is 44.3 Å². The molecule has 0 spiro atoms. The maximum atomic E-state index is 5.82. The first-order chi connectivity index (χ1) is 8.27. The zero-order valence-corrected chi connectivity index (χ0v) is 11.4. The van der Waals surface area contributed by atoms with Gasteiger partial charge in [0.15, 0.2) is 0 Å². The normalized spacial score (nSPS) is 12.4. The molecular weight excluding hydrogens is 210 g/mol. The van der Waals surface area contributed by atoms with Gasteiger partial charge in [-0.1, -0.05) is 32.0 Å². The van der Waals surface area contributed by atoms with E-state index in [1.54, 1.807) is 0 Å². The fourth-order valence-corrected chi connectivity index (χ4v) is 1.77. The van der Waals surface area contributed by atoms with Gasteiger partial charge in [0, 0.05) is 6.42 Å². The van der Waals surface area contributed by atoms with Crippen LogP contribution in [0.25, 0.3) is 0 Å². The van der Waals surface area contributed by atoms with Crippen LogP contribution in [0.1, 0.15) is 39.2 Å². The van der Waals surface area contributed by atoms with Crippen molar-refractivity contribution < 1.29 is 10.1 Å². The minimum absolute atomic E-state index is 0.734. The van der Waals surface area contributed by atoms with Gasteiger partial charge < -0.3 is 10.1 Å². The number of hydrogen-bond acceptors (Lipinski definition) is 1. The highest BCUT2D eigenvalue weighted by atomic mass is 16.5. The summed E-state index contributed by atoms with van der Waals surface area (Å²) in [7, 11) is 0. The summed E-state index contributed by atoms with van der Waals surface area (Å²) in [5.41, 5.74) is 1.30. The molecule has 96 valence electrons. The zero-order valence-electron chi connectivity index (χ0n) is 11.4. The first kappa shape index (κ1) is 14.0. The molecule has 0 aliphatic heterocycles. The van der Waals surface area contributed by atoms with Crippen molar-refractivity contribution in [1.82, 2.24) is 0 Å². The van der Waals surface area contributed by atoms with Crippen LogP contribution >= 0.6 is 0 Å². The summed E-state index contributed by atoms with van der Waals surface area (Å²) in [5, 5.41) is 2.40. The van der Waals surface area contributed by atoms with Crippen LogP contribution in [0.5, 0.6) is 5.75 Å². The van der Waals surface area contributed by atoms with E-state index in [-0.39, 0.29) is 0 Å². The molecule has 1 aromatic carbocycles. The molecule has 2 N–H and O–H groups in total. The molecule has 0 bridgehead atoms. The van der Waals surface area contributed by atoms with Crippen molar-refractivity contribution in [3.8, 4) is 5.75 Å². The molecule has 2 heteroatoms. The Kier molecular flexibility index (Phi) is 6.71. The van der Waals surface area contributed by atoms with E-state index in [9.17, 15) is 0 Å². The lowest BCUT2D eigenvalue weighted by atomic mass is 10.1. The van der Waals surface area contributed by atoms with Crippen LogP contribution in [0.2, 0.25) is 0 Å². The van der Waals surface area contributed by atoms with Crippen molar-refractivity contribution in [2.75, 3.05) is 13.2 Å². The zero-order chi connectivity index (χ0) is 12.5. The molecule has 0 heterocycles. The topological polar surface area (TPSA) is 25.8 Å². The molecule has 1 rings (SSSR count). The Morgan fingerprint density at radius 2 is 2.00 bits per heavy atom. The molecular formula is C15H26NO+. The maximum absolute atomic E-state index is 5.82. The average Bonchev–Trinajstić information content (AvgIpc) is 2.38. The van der Waals surface area contributed by atoms with Crippen molar-refractivity contribution in [1.29, 1.82) is 0 Å². The Morgan fingerprint density at radius 3 is 2.71 bits per heavy atom. The maximum Gasteiger partial charge on any atom is 0.122 e. The Balaban J connectivity index is 2.22. The van der Waals surface area contributed by atoms with Crippen molar-refractivity contribution in [3.05, 3.63) is 29.8 Å². The molecule has 0 amide bonds. The predicted molar refractivity (Wildman–Crippen MR) is 72.5 cm³/mol. The Bertz CT molecular complexity index is 312. The van der Waals surface area contributed by atoms with Crippen LogP contribution in [0.4, 0.5) is 0 Å². The smallest absolute Gasteiger partial charge is 0.122 e. The number of rotatable bonds is 8. The molecule has 1 atom stereocenters. The standard InChI is InChI=1S/C15H25NO/c1-4-13(3)16-11-8-12-17-15-10-7-6-9-14(15)5-2/h6-7,9-10,13,16H,4-5,8,11-12H2,1-3H3/p+1/t13-/m0/s1. The first-order valence-corrected chi connectivity index (χ1v) is 6.82. The van der Waals surface area contributed by atoms with Gasteiger partial charge in [0.2, 0.25) is 0 Å². The lowest BCUT2D eigenvalue weighted by molar-refractivity contribution is -0.686. The molecule has 0 saturated carbocycles. The van der Waals surface area contributed by atoms with Crippen LogP contribution in [-0.2, 0) is 6.42 Å². The molecule has 17 heavy (non-hydrogen) atoms. The van der Waals surface area contributed by atoms with Crippen LogP contribution in [-0.4, -0.2) is 19.2 Å². The SMILES string of the molecule is CCc1ccccc1OCCC[NH2+][C@@H](C)CC. The quantitative estimate of drug-likeness (QED) is 0.689. The number of hydrogen-bond donors (Lipinski definition) is 1. The monoisotopic (exact) mass is 236 g/mol. The van der Waals surface area contributed by atoms with Crippen LogP contribution in [0.3, 0.4) is 0 Å². The molecule has 1 aromatic rings. The molecule has 0 aliphatic rings. The third-order valence-electron chi connectivity index (χ3n) is 3.17. The highest BCUT2D eigenvalue weighted by molar-refractivity contribution is 5.33. The van der Waals surface area contributed by atoms with E-state index < -0.39 is 0 Å². The summed E-state index contributed by atoms with van der Waals surface area (Å²) in [6, 6.07) is 9.05. The van der Waals surface area contributed by atoms with Crippen LogP contribution in [0, 0.1) is 0 Å². The van der Waals surface area contributed by atoms with E-state index in [1.807, 2.05) is 6.07 Å². The van der Waals surface area contributed by atoms with Gasteiger partial charge >= 0.3 is 0 Å². The third kappa shape index (κ3) is 5.22. The summed E-state index contributed by atoms with van der Waals surface area (Å²) >= 11 is 0. The van der Waals surface area contributed by atoms with E-state index in [0.29, 0.717) is 0 Å². The van der Waals surface area contributed by atoms with Crippen molar-refractivity contribution >= 4 is 0 Å². The summed E-state index contributed by atoms with van der Waals surface area (Å²) in [4.78, 5) is 0. The summed E-state index contributed by atoms with van der Waals surface area (Å²) < 4.78 is 5.82. The Morgan fingerprint density at radius 1 is 1.24 bits per heavy atom. The van der Waals surface area contributed by atoms with E-state index in [4.69, 9.17) is 4.74 Å². The van der Waals surface area contributed by atoms with Gasteiger partial charge in [0.05, 0.1) is 19.2 Å². The number of para-hydroxylation sites is 1. The van der Waals surface area contributed by atoms with Crippen LogP contribution in [0.15, 0.2) is 24.3 Å². The number of benzene rings is 1. The van der Waals surface area contributed by atoms with Gasteiger partial charge in [-0.3, -0.25) is 0 Å². The fourth-order valence-electron chi connectivity index (χ4n) is 1.77. The fraction of sp³-hybridized carbons (Fsp3) is 0.600. The molecule has 0 aromatic heterocycles. The largest absolute Gasteiger partial charge is 0.493 e. The van der Waals surface area contributed by atoms with Crippen LogP contribution < -0.4 is 10.1 Å². The summed E-state index contributed by atoms with van der Waals surface area (Å²) in [6.45, 7) is 8.65. The Labute approximate surface area is 105 Å². The lowest BCUT2D eigenvalue weighted by Gasteiger charge is -2.11. The highest BCUT2D eigenvalue weighted by Gasteiger charge is 2.02. The Hall–Kier alpha value is -1.02. The molecule has 0 saturated heterocycles. The second-order valence-corrected chi connectivity index (χ2v) is 4.57. The lowest BCUT2D eigenvalue weighted by Crippen LogP contribution is -2.89. The minimum atomic E-state index is 0.734. The van der Waals surface area contributed by atoms with Crippen molar-refractivity contribution in [2.24, 2.45) is 0 Å². The van der Waals surface area contributed by atoms with Gasteiger partial charge in [-0.05, 0) is 31.4 Å². The first-order valence-electron chi connectivity index (χ1n) is 6.82. The molecule has 2 nitrogen and oxygen atoms in total.